The number of carboxylic acid groups (broad SMARTS) is 1. The third-order valence-electron chi connectivity index (χ3n) is 4.19. The van der Waals surface area contributed by atoms with Crippen molar-refractivity contribution in [2.75, 3.05) is 18.6 Å². The molecule has 1 heterocycles. The summed E-state index contributed by atoms with van der Waals surface area (Å²) in [5.41, 5.74) is 0. The molecule has 1 saturated carbocycles. The number of thioether (sulfide) groups is 1. The van der Waals surface area contributed by atoms with Crippen LogP contribution in [0.3, 0.4) is 0 Å². The van der Waals surface area contributed by atoms with E-state index in [1.54, 1.807) is 16.7 Å². The molecule has 2 aliphatic rings. The van der Waals surface area contributed by atoms with Crippen LogP contribution in [0.4, 0.5) is 4.79 Å². The van der Waals surface area contributed by atoms with Gasteiger partial charge < -0.3 is 15.3 Å². The summed E-state index contributed by atoms with van der Waals surface area (Å²) >= 11 is 1.67. The zero-order valence-electron chi connectivity index (χ0n) is 11.3. The van der Waals surface area contributed by atoms with Gasteiger partial charge in [-0.25, -0.2) is 9.59 Å². The van der Waals surface area contributed by atoms with E-state index in [-0.39, 0.29) is 12.1 Å². The van der Waals surface area contributed by atoms with Gasteiger partial charge in [-0.3, -0.25) is 0 Å². The molecule has 1 aliphatic heterocycles. The minimum absolute atomic E-state index is 0.129. The van der Waals surface area contributed by atoms with E-state index in [4.69, 9.17) is 0 Å². The van der Waals surface area contributed by atoms with E-state index in [2.05, 4.69) is 5.32 Å². The third-order valence-corrected chi connectivity index (χ3v) is 4.80. The second kappa shape index (κ2) is 6.50. The number of likely N-dealkylation sites (tertiary alicyclic amines) is 1. The fourth-order valence-corrected chi connectivity index (χ4v) is 3.63. The summed E-state index contributed by atoms with van der Waals surface area (Å²) in [6, 6.07) is -0.706. The Morgan fingerprint density at radius 3 is 2.79 bits per heavy atom. The van der Waals surface area contributed by atoms with Crippen LogP contribution in [0.2, 0.25) is 0 Å². The van der Waals surface area contributed by atoms with Crippen LogP contribution in [-0.2, 0) is 4.79 Å². The van der Waals surface area contributed by atoms with Gasteiger partial charge in [0.25, 0.3) is 0 Å². The molecule has 0 radical (unpaired) electrons. The van der Waals surface area contributed by atoms with Crippen LogP contribution in [0.25, 0.3) is 0 Å². The van der Waals surface area contributed by atoms with E-state index < -0.39 is 12.0 Å². The zero-order chi connectivity index (χ0) is 13.8. The Labute approximate surface area is 118 Å². The highest BCUT2D eigenvalue weighted by molar-refractivity contribution is 7.98. The average molecular weight is 286 g/mol. The van der Waals surface area contributed by atoms with E-state index >= 15 is 0 Å². The lowest BCUT2D eigenvalue weighted by Crippen LogP contribution is -2.51. The number of nitrogens with one attached hydrogen (secondary N) is 1. The largest absolute Gasteiger partial charge is 0.480 e. The van der Waals surface area contributed by atoms with Crippen LogP contribution in [-0.4, -0.2) is 52.6 Å². The zero-order valence-corrected chi connectivity index (χ0v) is 12.1. The number of amides is 2. The number of aliphatic carboxylic acids is 1. The lowest BCUT2D eigenvalue weighted by molar-refractivity contribution is -0.141. The van der Waals surface area contributed by atoms with Crippen molar-refractivity contribution in [2.24, 2.45) is 5.92 Å². The summed E-state index contributed by atoms with van der Waals surface area (Å²) < 4.78 is 0. The molecule has 108 valence electrons. The summed E-state index contributed by atoms with van der Waals surface area (Å²) in [5, 5.41) is 12.2. The van der Waals surface area contributed by atoms with Crippen molar-refractivity contribution in [3.63, 3.8) is 0 Å². The lowest BCUT2D eigenvalue weighted by Gasteiger charge is -2.32. The summed E-state index contributed by atoms with van der Waals surface area (Å²) in [5.74, 6) is 0.362. The highest BCUT2D eigenvalue weighted by Crippen LogP contribution is 2.39. The van der Waals surface area contributed by atoms with Gasteiger partial charge in [-0.05, 0) is 31.4 Å². The maximum Gasteiger partial charge on any atom is 0.326 e. The van der Waals surface area contributed by atoms with Gasteiger partial charge in [0.1, 0.15) is 6.04 Å². The molecule has 0 aromatic rings. The summed E-state index contributed by atoms with van der Waals surface area (Å²) in [7, 11) is 0. The summed E-state index contributed by atoms with van der Waals surface area (Å²) in [4.78, 5) is 25.2. The fraction of sp³-hybridized carbons (Fsp3) is 0.846. The van der Waals surface area contributed by atoms with Crippen molar-refractivity contribution in [3.8, 4) is 0 Å². The fourth-order valence-electron chi connectivity index (χ4n) is 3.32. The van der Waals surface area contributed by atoms with Crippen LogP contribution >= 0.6 is 11.8 Å². The molecule has 2 amide bonds. The monoisotopic (exact) mass is 286 g/mol. The smallest absolute Gasteiger partial charge is 0.326 e. The van der Waals surface area contributed by atoms with Crippen molar-refractivity contribution in [2.45, 2.75) is 44.2 Å². The number of nitrogens with zero attached hydrogens (tertiary/aromatic N) is 1. The van der Waals surface area contributed by atoms with Crippen molar-refractivity contribution < 1.29 is 14.7 Å². The number of hydrogen-bond acceptors (Lipinski definition) is 3. The molecular weight excluding hydrogens is 264 g/mol. The third kappa shape index (κ3) is 3.16. The molecule has 0 aromatic carbocycles. The van der Waals surface area contributed by atoms with Crippen LogP contribution in [0.1, 0.15) is 32.1 Å². The Hall–Kier alpha value is -0.910. The van der Waals surface area contributed by atoms with Gasteiger partial charge >= 0.3 is 12.0 Å². The van der Waals surface area contributed by atoms with Crippen LogP contribution < -0.4 is 5.32 Å². The van der Waals surface area contributed by atoms with E-state index in [1.807, 2.05) is 6.26 Å². The average Bonchev–Trinajstić information content (AvgIpc) is 2.78. The molecule has 0 bridgehead atoms. The predicted molar refractivity (Wildman–Crippen MR) is 75.4 cm³/mol. The summed E-state index contributed by atoms with van der Waals surface area (Å²) in [6.45, 7) is 0.597. The van der Waals surface area contributed by atoms with Gasteiger partial charge in [0.15, 0.2) is 0 Å². The first-order valence-electron chi connectivity index (χ1n) is 6.93. The first-order chi connectivity index (χ1) is 9.15. The van der Waals surface area contributed by atoms with Crippen LogP contribution in [0.5, 0.6) is 0 Å². The maximum absolute atomic E-state index is 12.2. The Kier molecular flexibility index (Phi) is 4.96. The highest BCUT2D eigenvalue weighted by Gasteiger charge is 2.47. The minimum atomic E-state index is -0.866. The molecule has 6 heteroatoms. The first-order valence-corrected chi connectivity index (χ1v) is 8.32. The van der Waals surface area contributed by atoms with Gasteiger partial charge in [-0.2, -0.15) is 11.8 Å². The number of urea groups is 1. The van der Waals surface area contributed by atoms with E-state index in [1.165, 1.54) is 0 Å². The molecule has 1 aliphatic carbocycles. The Morgan fingerprint density at radius 2 is 2.11 bits per heavy atom. The van der Waals surface area contributed by atoms with Gasteiger partial charge in [0, 0.05) is 18.3 Å². The number of hydrogen-bond donors (Lipinski definition) is 2. The topological polar surface area (TPSA) is 69.6 Å². The number of carbonyl (C=O) groups is 2. The molecule has 3 atom stereocenters. The first kappa shape index (κ1) is 14.5. The number of fused-ring (bicyclic) bond motifs is 1. The van der Waals surface area contributed by atoms with E-state index in [0.29, 0.717) is 18.9 Å². The normalized spacial score (nSPS) is 29.9. The molecule has 3 unspecified atom stereocenters. The molecule has 1 saturated heterocycles. The Balaban J connectivity index is 2.04. The standard InChI is InChI=1S/C13H22N2O3S/c1-19-7-6-14-13(18)15-10-5-3-2-4-9(10)8-11(15)12(16)17/h9-11H,2-8H2,1H3,(H,14,18)(H,16,17). The van der Waals surface area contributed by atoms with Crippen molar-refractivity contribution in [1.29, 1.82) is 0 Å². The second-order valence-corrected chi connectivity index (χ2v) is 6.32. The predicted octanol–water partition coefficient (Wildman–Crippen LogP) is 1.78. The molecule has 19 heavy (non-hydrogen) atoms. The molecular formula is C13H22N2O3S. The number of carboxylic acids is 1. The quantitative estimate of drug-likeness (QED) is 0.773. The van der Waals surface area contributed by atoms with Crippen molar-refractivity contribution >= 4 is 23.8 Å². The minimum Gasteiger partial charge on any atom is -0.480 e. The van der Waals surface area contributed by atoms with Gasteiger partial charge in [0.05, 0.1) is 0 Å². The molecule has 0 spiro atoms. The highest BCUT2D eigenvalue weighted by atomic mass is 32.2. The SMILES string of the molecule is CSCCNC(=O)N1C(C(=O)O)CC2CCCCC21. The lowest BCUT2D eigenvalue weighted by atomic mass is 9.85. The van der Waals surface area contributed by atoms with Gasteiger partial charge in [-0.1, -0.05) is 12.8 Å². The molecule has 2 N–H and O–H groups in total. The van der Waals surface area contributed by atoms with Crippen molar-refractivity contribution in [3.05, 3.63) is 0 Å². The van der Waals surface area contributed by atoms with Crippen molar-refractivity contribution in [1.82, 2.24) is 10.2 Å². The van der Waals surface area contributed by atoms with E-state index in [9.17, 15) is 14.7 Å². The molecule has 0 aromatic heterocycles. The van der Waals surface area contributed by atoms with Crippen LogP contribution in [0, 0.1) is 5.92 Å². The van der Waals surface area contributed by atoms with E-state index in [0.717, 1.165) is 31.4 Å². The second-order valence-electron chi connectivity index (χ2n) is 5.33. The maximum atomic E-state index is 12.2. The summed E-state index contributed by atoms with van der Waals surface area (Å²) in [6.07, 6.45) is 6.88. The Morgan fingerprint density at radius 1 is 1.37 bits per heavy atom. The van der Waals surface area contributed by atoms with Gasteiger partial charge in [-0.15, -0.1) is 0 Å². The molecule has 5 nitrogen and oxygen atoms in total. The number of rotatable bonds is 4. The van der Waals surface area contributed by atoms with Gasteiger partial charge in [0.2, 0.25) is 0 Å². The molecule has 2 fully saturated rings. The van der Waals surface area contributed by atoms with Crippen LogP contribution in [0.15, 0.2) is 0 Å². The Bertz CT molecular complexity index is 351. The molecule has 2 rings (SSSR count). The number of carbonyl (C=O) groups excluding carboxylic acids is 1.